The van der Waals surface area contributed by atoms with E-state index in [9.17, 15) is 0 Å². The highest BCUT2D eigenvalue weighted by molar-refractivity contribution is 9.10. The quantitative estimate of drug-likeness (QED) is 0.546. The van der Waals surface area contributed by atoms with E-state index < -0.39 is 0 Å². The normalized spacial score (nSPS) is 13.0. The molecule has 4 aromatic heterocycles. The van der Waals surface area contributed by atoms with Crippen molar-refractivity contribution < 1.29 is 4.42 Å². The van der Waals surface area contributed by atoms with Crippen molar-refractivity contribution in [2.75, 3.05) is 0 Å². The Balaban J connectivity index is 1.77. The van der Waals surface area contributed by atoms with E-state index in [2.05, 4.69) is 43.2 Å². The summed E-state index contributed by atoms with van der Waals surface area (Å²) in [7, 11) is 0. The van der Waals surface area contributed by atoms with Crippen LogP contribution in [0.1, 0.15) is 23.7 Å². The lowest BCUT2D eigenvalue weighted by Gasteiger charge is -2.07. The molecule has 0 N–H and O–H groups in total. The Bertz CT molecular complexity index is 918. The van der Waals surface area contributed by atoms with Crippen LogP contribution in [-0.4, -0.2) is 29.6 Å². The van der Waals surface area contributed by atoms with Crippen LogP contribution in [0.2, 0.25) is 0 Å². The number of halogens is 1. The second-order valence-corrected chi connectivity index (χ2v) is 6.70. The third-order valence-corrected chi connectivity index (χ3v) is 5.21. The van der Waals surface area contributed by atoms with Gasteiger partial charge in [-0.1, -0.05) is 11.3 Å². The molecule has 1 atom stereocenters. The van der Waals surface area contributed by atoms with E-state index >= 15 is 0 Å². The highest BCUT2D eigenvalue weighted by Gasteiger charge is 2.20. The molecule has 0 aromatic carbocycles. The number of rotatable bonds is 3. The molecule has 0 fully saturated rings. The van der Waals surface area contributed by atoms with Gasteiger partial charge in [0.25, 0.3) is 0 Å². The molecule has 4 heterocycles. The van der Waals surface area contributed by atoms with Gasteiger partial charge in [0.05, 0.1) is 16.4 Å². The molecule has 4 rings (SSSR count). The standard InChI is InChI=1S/C13H11BrN6OS/c1-7-9(14)6-19(17-7)8(2)12-18-20-11(10-4-3-5-21-10)15-16-13(20)22-12/h3-6,8H,1-2H3/t8-/m1/s1. The number of hydrogen-bond donors (Lipinski definition) is 0. The molecular formula is C13H11BrN6OS. The van der Waals surface area contributed by atoms with Crippen molar-refractivity contribution in [3.63, 3.8) is 0 Å². The molecule has 7 nitrogen and oxygen atoms in total. The zero-order chi connectivity index (χ0) is 15.3. The van der Waals surface area contributed by atoms with Crippen LogP contribution in [0.4, 0.5) is 0 Å². The number of aromatic nitrogens is 6. The molecular weight excluding hydrogens is 368 g/mol. The van der Waals surface area contributed by atoms with Crippen LogP contribution in [0.3, 0.4) is 0 Å². The summed E-state index contributed by atoms with van der Waals surface area (Å²) in [5.41, 5.74) is 0.950. The maximum absolute atomic E-state index is 5.38. The average molecular weight is 379 g/mol. The SMILES string of the molecule is Cc1nn([C@H](C)c2nn3c(-c4ccco4)nnc3s2)cc1Br. The first-order valence-corrected chi connectivity index (χ1v) is 8.21. The van der Waals surface area contributed by atoms with Crippen molar-refractivity contribution >= 4 is 32.2 Å². The molecule has 0 aliphatic rings. The van der Waals surface area contributed by atoms with Gasteiger partial charge in [0, 0.05) is 6.20 Å². The van der Waals surface area contributed by atoms with E-state index in [1.54, 1.807) is 10.8 Å². The third kappa shape index (κ3) is 2.08. The Morgan fingerprint density at radius 1 is 1.32 bits per heavy atom. The summed E-state index contributed by atoms with van der Waals surface area (Å²) in [5, 5.41) is 18.3. The minimum absolute atomic E-state index is 0.0150. The summed E-state index contributed by atoms with van der Waals surface area (Å²) in [6.45, 7) is 4.01. The summed E-state index contributed by atoms with van der Waals surface area (Å²) < 4.78 is 9.96. The summed E-state index contributed by atoms with van der Waals surface area (Å²) >= 11 is 4.98. The van der Waals surface area contributed by atoms with Crippen LogP contribution in [0.25, 0.3) is 16.5 Å². The van der Waals surface area contributed by atoms with Crippen LogP contribution in [-0.2, 0) is 0 Å². The summed E-state index contributed by atoms with van der Waals surface area (Å²) in [4.78, 5) is 0.733. The van der Waals surface area contributed by atoms with Crippen LogP contribution >= 0.6 is 27.3 Å². The molecule has 0 aliphatic heterocycles. The molecule has 0 bridgehead atoms. The van der Waals surface area contributed by atoms with Crippen LogP contribution in [0, 0.1) is 6.92 Å². The van der Waals surface area contributed by atoms with Gasteiger partial charge in [-0.2, -0.15) is 14.7 Å². The fraction of sp³-hybridized carbons (Fsp3) is 0.231. The molecule has 0 saturated heterocycles. The van der Waals surface area contributed by atoms with E-state index in [4.69, 9.17) is 4.42 Å². The highest BCUT2D eigenvalue weighted by Crippen LogP contribution is 2.27. The van der Waals surface area contributed by atoms with E-state index in [1.165, 1.54) is 11.3 Å². The largest absolute Gasteiger partial charge is 0.461 e. The minimum atomic E-state index is 0.0150. The second-order valence-electron chi connectivity index (χ2n) is 4.85. The van der Waals surface area contributed by atoms with Crippen LogP contribution < -0.4 is 0 Å². The number of nitrogens with zero attached hydrogens (tertiary/aromatic N) is 6. The van der Waals surface area contributed by atoms with E-state index in [1.807, 2.05) is 29.9 Å². The van der Waals surface area contributed by atoms with Gasteiger partial charge in [-0.05, 0) is 41.9 Å². The molecule has 4 aromatic rings. The zero-order valence-corrected chi connectivity index (χ0v) is 14.2. The average Bonchev–Trinajstić information content (AvgIpc) is 3.22. The number of fused-ring (bicyclic) bond motifs is 1. The molecule has 0 amide bonds. The fourth-order valence-corrected chi connectivity index (χ4v) is 3.30. The molecule has 9 heteroatoms. The number of furan rings is 1. The van der Waals surface area contributed by atoms with Gasteiger partial charge < -0.3 is 4.42 Å². The summed E-state index contributed by atoms with van der Waals surface area (Å²) in [6, 6.07) is 3.67. The lowest BCUT2D eigenvalue weighted by Crippen LogP contribution is -2.08. The smallest absolute Gasteiger partial charge is 0.235 e. The van der Waals surface area contributed by atoms with Gasteiger partial charge in [0.15, 0.2) is 5.76 Å². The minimum Gasteiger partial charge on any atom is -0.461 e. The summed E-state index contributed by atoms with van der Waals surface area (Å²) in [6.07, 6.45) is 3.56. The Morgan fingerprint density at radius 3 is 2.86 bits per heavy atom. The monoisotopic (exact) mass is 378 g/mol. The van der Waals surface area contributed by atoms with Gasteiger partial charge in [0.1, 0.15) is 11.0 Å². The van der Waals surface area contributed by atoms with Gasteiger partial charge >= 0.3 is 0 Å². The zero-order valence-electron chi connectivity index (χ0n) is 11.8. The lowest BCUT2D eigenvalue weighted by molar-refractivity contribution is 0.549. The van der Waals surface area contributed by atoms with Crippen molar-refractivity contribution in [2.45, 2.75) is 19.9 Å². The molecule has 0 unspecified atom stereocenters. The Kier molecular flexibility index (Phi) is 3.12. The predicted molar refractivity (Wildman–Crippen MR) is 84.8 cm³/mol. The van der Waals surface area contributed by atoms with E-state index in [0.717, 1.165) is 20.1 Å². The van der Waals surface area contributed by atoms with Crippen molar-refractivity contribution in [1.82, 2.24) is 29.6 Å². The lowest BCUT2D eigenvalue weighted by atomic mass is 10.4. The van der Waals surface area contributed by atoms with Crippen molar-refractivity contribution in [1.29, 1.82) is 0 Å². The van der Waals surface area contributed by atoms with Gasteiger partial charge in [-0.3, -0.25) is 4.68 Å². The number of hydrogen-bond acceptors (Lipinski definition) is 6. The second kappa shape index (κ2) is 5.03. The van der Waals surface area contributed by atoms with Crippen LogP contribution in [0.15, 0.2) is 33.5 Å². The molecule has 22 heavy (non-hydrogen) atoms. The van der Waals surface area contributed by atoms with Crippen molar-refractivity contribution in [3.8, 4) is 11.6 Å². The number of aryl methyl sites for hydroxylation is 1. The van der Waals surface area contributed by atoms with Gasteiger partial charge in [-0.25, -0.2) is 0 Å². The Hall–Kier alpha value is -2.00. The van der Waals surface area contributed by atoms with Crippen LogP contribution in [0.5, 0.6) is 0 Å². The van der Waals surface area contributed by atoms with E-state index in [-0.39, 0.29) is 6.04 Å². The predicted octanol–water partition coefficient (Wildman–Crippen LogP) is 3.32. The molecule has 112 valence electrons. The maximum atomic E-state index is 5.38. The van der Waals surface area contributed by atoms with E-state index in [0.29, 0.717) is 11.6 Å². The summed E-state index contributed by atoms with van der Waals surface area (Å²) in [5.74, 6) is 1.25. The highest BCUT2D eigenvalue weighted by atomic mass is 79.9. The van der Waals surface area contributed by atoms with Gasteiger partial charge in [-0.15, -0.1) is 10.2 Å². The fourth-order valence-electron chi connectivity index (χ4n) is 2.13. The molecule has 0 radical (unpaired) electrons. The Morgan fingerprint density at radius 2 is 2.18 bits per heavy atom. The van der Waals surface area contributed by atoms with Crippen molar-refractivity contribution in [3.05, 3.63) is 39.8 Å². The first kappa shape index (κ1) is 13.6. The van der Waals surface area contributed by atoms with Gasteiger partial charge in [0.2, 0.25) is 10.8 Å². The first-order valence-electron chi connectivity index (χ1n) is 6.61. The maximum Gasteiger partial charge on any atom is 0.235 e. The third-order valence-electron chi connectivity index (χ3n) is 3.36. The first-order chi connectivity index (χ1) is 10.6. The molecule has 0 spiro atoms. The molecule has 0 aliphatic carbocycles. The Labute approximate surface area is 137 Å². The topological polar surface area (TPSA) is 74.0 Å². The van der Waals surface area contributed by atoms with Crippen molar-refractivity contribution in [2.24, 2.45) is 0 Å². The molecule has 0 saturated carbocycles.